The van der Waals surface area contributed by atoms with E-state index in [0.29, 0.717) is 0 Å². The Balaban J connectivity index is 2.55. The summed E-state index contributed by atoms with van der Waals surface area (Å²) in [6.07, 6.45) is 0. The molecule has 1 N–H and O–H groups in total. The predicted molar refractivity (Wildman–Crippen MR) is 90.7 cm³/mol. The number of aryl methyl sites for hydroxylation is 3. The van der Waals surface area contributed by atoms with Crippen LogP contribution in [-0.2, 0) is 0 Å². The first-order valence-electron chi connectivity index (χ1n) is 6.64. The number of hydrogen-bond acceptors (Lipinski definition) is 1. The molecule has 3 heteroatoms. The highest BCUT2D eigenvalue weighted by Gasteiger charge is 2.18. The summed E-state index contributed by atoms with van der Waals surface area (Å²) in [5, 5.41) is 4.23. The van der Waals surface area contributed by atoms with Gasteiger partial charge in [0.25, 0.3) is 0 Å². The molecular weight excluding hydrogens is 334 g/mol. The van der Waals surface area contributed by atoms with Crippen molar-refractivity contribution in [1.82, 2.24) is 5.32 Å². The average Bonchev–Trinajstić information content (AvgIpc) is 2.38. The molecule has 0 spiro atoms. The van der Waals surface area contributed by atoms with Gasteiger partial charge < -0.3 is 5.32 Å². The van der Waals surface area contributed by atoms with E-state index in [4.69, 9.17) is 11.6 Å². The van der Waals surface area contributed by atoms with Crippen LogP contribution < -0.4 is 5.32 Å². The largest absolute Gasteiger partial charge is 0.309 e. The second kappa shape index (κ2) is 6.30. The summed E-state index contributed by atoms with van der Waals surface area (Å²) < 4.78 is 1.13. The summed E-state index contributed by atoms with van der Waals surface area (Å²) >= 11 is 9.88. The van der Waals surface area contributed by atoms with Gasteiger partial charge in [0.2, 0.25) is 0 Å². The lowest BCUT2D eigenvalue weighted by molar-refractivity contribution is 0.684. The molecule has 1 atom stereocenters. The number of halogens is 2. The molecule has 0 saturated carbocycles. The minimum atomic E-state index is 0.154. The van der Waals surface area contributed by atoms with Gasteiger partial charge in [-0.2, -0.15) is 0 Å². The molecule has 0 amide bonds. The molecule has 0 fully saturated rings. The Hall–Kier alpha value is -0.830. The molecule has 2 aromatic rings. The maximum Gasteiger partial charge on any atom is 0.0588 e. The molecule has 1 nitrogen and oxygen atoms in total. The van der Waals surface area contributed by atoms with Gasteiger partial charge in [-0.3, -0.25) is 0 Å². The second-order valence-corrected chi connectivity index (χ2v) is 6.47. The molecule has 0 heterocycles. The SMILES string of the molecule is CNC(c1cc(C)c(Cl)cc1C)c1ccc(C)cc1Br. The van der Waals surface area contributed by atoms with E-state index in [1.54, 1.807) is 0 Å². The van der Waals surface area contributed by atoms with Crippen molar-refractivity contribution in [3.8, 4) is 0 Å². The van der Waals surface area contributed by atoms with Crippen molar-refractivity contribution in [3.05, 3.63) is 67.6 Å². The lowest BCUT2D eigenvalue weighted by Gasteiger charge is -2.22. The first kappa shape index (κ1) is 15.6. The smallest absolute Gasteiger partial charge is 0.0588 e. The fourth-order valence-corrected chi connectivity index (χ4v) is 3.40. The van der Waals surface area contributed by atoms with Crippen LogP contribution in [0.4, 0.5) is 0 Å². The maximum atomic E-state index is 6.20. The van der Waals surface area contributed by atoms with E-state index in [9.17, 15) is 0 Å². The summed E-state index contributed by atoms with van der Waals surface area (Å²) in [7, 11) is 1.99. The molecule has 0 radical (unpaired) electrons. The van der Waals surface area contributed by atoms with Crippen molar-refractivity contribution in [1.29, 1.82) is 0 Å². The van der Waals surface area contributed by atoms with Crippen molar-refractivity contribution >= 4 is 27.5 Å². The summed E-state index contributed by atoms with van der Waals surface area (Å²) in [6.45, 7) is 6.25. The van der Waals surface area contributed by atoms with E-state index in [1.807, 2.05) is 20.0 Å². The molecule has 0 aromatic heterocycles. The fraction of sp³-hybridized carbons (Fsp3) is 0.294. The quantitative estimate of drug-likeness (QED) is 0.786. The Morgan fingerprint density at radius 3 is 2.30 bits per heavy atom. The Kier molecular flexibility index (Phi) is 4.90. The van der Waals surface area contributed by atoms with Crippen LogP contribution in [-0.4, -0.2) is 7.05 Å². The third-order valence-electron chi connectivity index (χ3n) is 3.61. The molecule has 0 aliphatic carbocycles. The highest BCUT2D eigenvalue weighted by molar-refractivity contribution is 9.10. The van der Waals surface area contributed by atoms with Crippen molar-refractivity contribution in [2.24, 2.45) is 0 Å². The molecule has 0 saturated heterocycles. The third-order valence-corrected chi connectivity index (χ3v) is 4.71. The van der Waals surface area contributed by atoms with E-state index in [-0.39, 0.29) is 6.04 Å². The number of benzene rings is 2. The van der Waals surface area contributed by atoms with Gasteiger partial charge in [-0.25, -0.2) is 0 Å². The molecule has 0 bridgehead atoms. The molecular formula is C17H19BrClN. The average molecular weight is 353 g/mol. The van der Waals surface area contributed by atoms with Crippen molar-refractivity contribution in [2.45, 2.75) is 26.8 Å². The van der Waals surface area contributed by atoms with Crippen LogP contribution in [0.3, 0.4) is 0 Å². The minimum Gasteiger partial charge on any atom is -0.309 e. The first-order valence-corrected chi connectivity index (χ1v) is 7.81. The van der Waals surface area contributed by atoms with Gasteiger partial charge in [-0.15, -0.1) is 0 Å². The molecule has 2 rings (SSSR count). The van der Waals surface area contributed by atoms with E-state index >= 15 is 0 Å². The van der Waals surface area contributed by atoms with Crippen molar-refractivity contribution in [2.75, 3.05) is 7.05 Å². The molecule has 0 aliphatic heterocycles. The fourth-order valence-electron chi connectivity index (χ4n) is 2.46. The Bertz CT molecular complexity index is 637. The van der Waals surface area contributed by atoms with E-state index in [1.165, 1.54) is 22.3 Å². The number of rotatable bonds is 3. The molecule has 2 aromatic carbocycles. The summed E-state index contributed by atoms with van der Waals surface area (Å²) in [6, 6.07) is 10.8. The van der Waals surface area contributed by atoms with Gasteiger partial charge in [0.15, 0.2) is 0 Å². The number of hydrogen-bond donors (Lipinski definition) is 1. The molecule has 1 unspecified atom stereocenters. The molecule has 0 aliphatic rings. The van der Waals surface area contributed by atoms with E-state index < -0.39 is 0 Å². The van der Waals surface area contributed by atoms with Crippen LogP contribution >= 0.6 is 27.5 Å². The van der Waals surface area contributed by atoms with Crippen molar-refractivity contribution < 1.29 is 0 Å². The van der Waals surface area contributed by atoms with Gasteiger partial charge in [-0.05, 0) is 67.8 Å². The zero-order chi connectivity index (χ0) is 14.9. The topological polar surface area (TPSA) is 12.0 Å². The Labute approximate surface area is 134 Å². The van der Waals surface area contributed by atoms with Crippen LogP contribution in [0.5, 0.6) is 0 Å². The van der Waals surface area contributed by atoms with Crippen LogP contribution in [0.15, 0.2) is 34.8 Å². The van der Waals surface area contributed by atoms with Crippen LogP contribution in [0.2, 0.25) is 5.02 Å². The zero-order valence-electron chi connectivity index (χ0n) is 12.2. The lowest BCUT2D eigenvalue weighted by atomic mass is 9.93. The maximum absolute atomic E-state index is 6.20. The zero-order valence-corrected chi connectivity index (χ0v) is 14.6. The normalized spacial score (nSPS) is 12.5. The standard InChI is InChI=1S/C17H19BrClN/c1-10-5-6-13(15(18)7-10)17(20-4)14-8-12(3)16(19)9-11(14)2/h5-9,17,20H,1-4H3. The lowest BCUT2D eigenvalue weighted by Crippen LogP contribution is -2.19. The van der Waals surface area contributed by atoms with Gasteiger partial charge in [0.1, 0.15) is 0 Å². The van der Waals surface area contributed by atoms with Gasteiger partial charge in [0, 0.05) is 9.50 Å². The monoisotopic (exact) mass is 351 g/mol. The van der Waals surface area contributed by atoms with Gasteiger partial charge in [0.05, 0.1) is 6.04 Å². The summed E-state index contributed by atoms with van der Waals surface area (Å²) in [5.41, 5.74) is 6.06. The number of nitrogens with one attached hydrogen (secondary N) is 1. The highest BCUT2D eigenvalue weighted by Crippen LogP contribution is 2.33. The van der Waals surface area contributed by atoms with Crippen LogP contribution in [0, 0.1) is 20.8 Å². The predicted octanol–water partition coefficient (Wildman–Crippen LogP) is 5.34. The molecule has 106 valence electrons. The second-order valence-electron chi connectivity index (χ2n) is 5.20. The third kappa shape index (κ3) is 3.08. The summed E-state index contributed by atoms with van der Waals surface area (Å²) in [5.74, 6) is 0. The Morgan fingerprint density at radius 1 is 1.00 bits per heavy atom. The van der Waals surface area contributed by atoms with Gasteiger partial charge >= 0.3 is 0 Å². The van der Waals surface area contributed by atoms with Crippen LogP contribution in [0.1, 0.15) is 33.9 Å². The highest BCUT2D eigenvalue weighted by atomic mass is 79.9. The van der Waals surface area contributed by atoms with Gasteiger partial charge in [-0.1, -0.05) is 45.7 Å². The van der Waals surface area contributed by atoms with Crippen molar-refractivity contribution in [3.63, 3.8) is 0 Å². The molecule has 20 heavy (non-hydrogen) atoms. The minimum absolute atomic E-state index is 0.154. The van der Waals surface area contributed by atoms with Crippen LogP contribution in [0.25, 0.3) is 0 Å². The first-order chi connectivity index (χ1) is 9.43. The summed E-state index contributed by atoms with van der Waals surface area (Å²) in [4.78, 5) is 0. The van der Waals surface area contributed by atoms with E-state index in [2.05, 4.69) is 59.4 Å². The van der Waals surface area contributed by atoms with E-state index in [0.717, 1.165) is 15.1 Å². The Morgan fingerprint density at radius 2 is 1.70 bits per heavy atom.